The van der Waals surface area contributed by atoms with Crippen LogP contribution in [0, 0.1) is 0 Å². The smallest absolute Gasteiger partial charge is 0.331 e. The van der Waals surface area contributed by atoms with Crippen LogP contribution in [0.25, 0.3) is 6.08 Å². The van der Waals surface area contributed by atoms with Gasteiger partial charge in [0.2, 0.25) is 10.0 Å². The highest BCUT2D eigenvalue weighted by Gasteiger charge is 2.25. The fraction of sp³-hybridized carbons (Fsp3) is 0.545. The van der Waals surface area contributed by atoms with E-state index in [0.29, 0.717) is 25.2 Å². The number of carbonyl (C=O) groups excluding carboxylic acids is 2. The number of carbonyl (C=O) groups is 2. The first-order valence-electron chi connectivity index (χ1n) is 10.6. The van der Waals surface area contributed by atoms with Crippen molar-refractivity contribution in [3.8, 4) is 0 Å². The van der Waals surface area contributed by atoms with Crippen LogP contribution in [0.3, 0.4) is 0 Å². The number of amides is 1. The van der Waals surface area contributed by atoms with Crippen LogP contribution in [0.2, 0.25) is 0 Å². The summed E-state index contributed by atoms with van der Waals surface area (Å²) in [5, 5.41) is 0. The van der Waals surface area contributed by atoms with Gasteiger partial charge in [-0.3, -0.25) is 4.79 Å². The maximum absolute atomic E-state index is 12.5. The Morgan fingerprint density at radius 1 is 1.13 bits per heavy atom. The predicted octanol–water partition coefficient (Wildman–Crippen LogP) is 3.06. The van der Waals surface area contributed by atoms with Gasteiger partial charge in [0.1, 0.15) is 0 Å². The molecule has 30 heavy (non-hydrogen) atoms. The van der Waals surface area contributed by atoms with Gasteiger partial charge in [0, 0.05) is 31.8 Å². The molecule has 0 aromatic heterocycles. The summed E-state index contributed by atoms with van der Waals surface area (Å²) in [5.41, 5.74) is 0.666. The molecule has 0 aliphatic carbocycles. The summed E-state index contributed by atoms with van der Waals surface area (Å²) >= 11 is 0. The molecule has 0 saturated carbocycles. The highest BCUT2D eigenvalue weighted by atomic mass is 32.2. The van der Waals surface area contributed by atoms with Crippen molar-refractivity contribution in [2.45, 2.75) is 57.4 Å². The molecule has 1 aromatic carbocycles. The Labute approximate surface area is 179 Å². The van der Waals surface area contributed by atoms with Crippen molar-refractivity contribution < 1.29 is 22.7 Å². The number of likely N-dealkylation sites (tertiary alicyclic amines) is 1. The number of benzene rings is 1. The van der Waals surface area contributed by atoms with Crippen LogP contribution in [0.15, 0.2) is 35.2 Å². The standard InChI is InChI=1S/C22H32N2O5S/c1-4-19-9-7-8-16-24(19)21(25)17-29-22(26)15-12-18-10-13-20(14-11-18)30(27,28)23(5-2)6-3/h10-15,19H,4-9,16-17H2,1-3H3/b15-12+. The Morgan fingerprint density at radius 3 is 2.40 bits per heavy atom. The van der Waals surface area contributed by atoms with Crippen LogP contribution in [-0.2, 0) is 24.3 Å². The molecule has 166 valence electrons. The summed E-state index contributed by atoms with van der Waals surface area (Å²) in [5.74, 6) is -0.762. The number of nitrogens with zero attached hydrogens (tertiary/aromatic N) is 2. The summed E-state index contributed by atoms with van der Waals surface area (Å²) in [6, 6.07) is 6.52. The quantitative estimate of drug-likeness (QED) is 0.439. The molecule has 8 heteroatoms. The summed E-state index contributed by atoms with van der Waals surface area (Å²) in [6.07, 6.45) is 6.79. The van der Waals surface area contributed by atoms with Crippen molar-refractivity contribution in [3.05, 3.63) is 35.9 Å². The SMILES string of the molecule is CCC1CCCCN1C(=O)COC(=O)/C=C/c1ccc(S(=O)(=O)N(CC)CC)cc1. The monoisotopic (exact) mass is 436 g/mol. The van der Waals surface area contributed by atoms with E-state index < -0.39 is 16.0 Å². The van der Waals surface area contributed by atoms with Gasteiger partial charge >= 0.3 is 5.97 Å². The highest BCUT2D eigenvalue weighted by Crippen LogP contribution is 2.20. The molecule has 1 aliphatic rings. The zero-order chi connectivity index (χ0) is 22.1. The van der Waals surface area contributed by atoms with Crippen molar-refractivity contribution in [2.24, 2.45) is 0 Å². The van der Waals surface area contributed by atoms with Gasteiger partial charge in [-0.15, -0.1) is 0 Å². The molecule has 0 radical (unpaired) electrons. The number of sulfonamides is 1. The van der Waals surface area contributed by atoms with E-state index in [1.54, 1.807) is 26.0 Å². The molecular formula is C22H32N2O5S. The number of hydrogen-bond acceptors (Lipinski definition) is 5. The lowest BCUT2D eigenvalue weighted by molar-refractivity contribution is -0.150. The normalized spacial score (nSPS) is 17.5. The van der Waals surface area contributed by atoms with Gasteiger partial charge in [-0.05, 0) is 49.5 Å². The maximum atomic E-state index is 12.5. The lowest BCUT2D eigenvalue weighted by Gasteiger charge is -2.35. The van der Waals surface area contributed by atoms with Gasteiger partial charge in [-0.25, -0.2) is 13.2 Å². The van der Waals surface area contributed by atoms with Gasteiger partial charge < -0.3 is 9.64 Å². The maximum Gasteiger partial charge on any atom is 0.331 e. The lowest BCUT2D eigenvalue weighted by Crippen LogP contribution is -2.45. The topological polar surface area (TPSA) is 84.0 Å². The molecule has 0 bridgehead atoms. The summed E-state index contributed by atoms with van der Waals surface area (Å²) in [6.45, 7) is 6.91. The molecule has 1 heterocycles. The van der Waals surface area contributed by atoms with E-state index in [1.807, 2.05) is 4.90 Å². The molecule has 0 N–H and O–H groups in total. The van der Waals surface area contributed by atoms with Crippen LogP contribution >= 0.6 is 0 Å². The van der Waals surface area contributed by atoms with Gasteiger partial charge in [-0.1, -0.05) is 32.9 Å². The van der Waals surface area contributed by atoms with E-state index in [1.165, 1.54) is 28.6 Å². The average molecular weight is 437 g/mol. The van der Waals surface area contributed by atoms with E-state index >= 15 is 0 Å². The summed E-state index contributed by atoms with van der Waals surface area (Å²) in [7, 11) is -3.51. The number of ether oxygens (including phenoxy) is 1. The Hall–Kier alpha value is -2.19. The van der Waals surface area contributed by atoms with Crippen molar-refractivity contribution in [2.75, 3.05) is 26.2 Å². The molecule has 1 aromatic rings. The number of rotatable bonds is 9. The first-order chi connectivity index (χ1) is 14.3. The average Bonchev–Trinajstić information content (AvgIpc) is 2.76. The highest BCUT2D eigenvalue weighted by molar-refractivity contribution is 7.89. The molecular weight excluding hydrogens is 404 g/mol. The second kappa shape index (κ2) is 11.3. The third-order valence-electron chi connectivity index (χ3n) is 5.39. The second-order valence-corrected chi connectivity index (χ2v) is 9.18. The Kier molecular flexibility index (Phi) is 9.05. The van der Waals surface area contributed by atoms with Crippen LogP contribution in [-0.4, -0.2) is 61.8 Å². The fourth-order valence-corrected chi connectivity index (χ4v) is 5.10. The van der Waals surface area contributed by atoms with Gasteiger partial charge in [0.25, 0.3) is 5.91 Å². The first-order valence-corrected chi connectivity index (χ1v) is 12.0. The van der Waals surface area contributed by atoms with Gasteiger partial charge in [0.05, 0.1) is 4.90 Å². The van der Waals surface area contributed by atoms with Crippen LogP contribution in [0.4, 0.5) is 0 Å². The largest absolute Gasteiger partial charge is 0.452 e. The minimum absolute atomic E-state index is 0.158. The first kappa shape index (κ1) is 24.1. The predicted molar refractivity (Wildman–Crippen MR) is 116 cm³/mol. The summed E-state index contributed by atoms with van der Waals surface area (Å²) < 4.78 is 31.5. The molecule has 1 amide bonds. The van der Waals surface area contributed by atoms with Crippen LogP contribution < -0.4 is 0 Å². The van der Waals surface area contributed by atoms with Crippen LogP contribution in [0.5, 0.6) is 0 Å². The number of piperidine rings is 1. The number of hydrogen-bond donors (Lipinski definition) is 0. The van der Waals surface area contributed by atoms with Crippen molar-refractivity contribution in [1.82, 2.24) is 9.21 Å². The molecule has 2 rings (SSSR count). The minimum Gasteiger partial charge on any atom is -0.452 e. The zero-order valence-electron chi connectivity index (χ0n) is 18.0. The zero-order valence-corrected chi connectivity index (χ0v) is 18.9. The Bertz CT molecular complexity index is 845. The van der Waals surface area contributed by atoms with E-state index in [2.05, 4.69) is 6.92 Å². The van der Waals surface area contributed by atoms with E-state index in [9.17, 15) is 18.0 Å². The van der Waals surface area contributed by atoms with Crippen molar-refractivity contribution in [1.29, 1.82) is 0 Å². The van der Waals surface area contributed by atoms with Crippen molar-refractivity contribution >= 4 is 28.0 Å². The minimum atomic E-state index is -3.51. The van der Waals surface area contributed by atoms with Crippen LogP contribution in [0.1, 0.15) is 52.0 Å². The molecule has 1 aliphatic heterocycles. The molecule has 7 nitrogen and oxygen atoms in total. The molecule has 1 saturated heterocycles. The molecule has 0 spiro atoms. The molecule has 1 atom stereocenters. The molecule has 1 unspecified atom stereocenters. The van der Waals surface area contributed by atoms with Gasteiger partial charge in [-0.2, -0.15) is 4.31 Å². The third-order valence-corrected chi connectivity index (χ3v) is 7.46. The third kappa shape index (κ3) is 6.15. The second-order valence-electron chi connectivity index (χ2n) is 7.24. The Balaban J connectivity index is 1.91. The Morgan fingerprint density at radius 2 is 1.80 bits per heavy atom. The van der Waals surface area contributed by atoms with E-state index in [4.69, 9.17) is 4.74 Å². The number of esters is 1. The van der Waals surface area contributed by atoms with E-state index in [-0.39, 0.29) is 23.5 Å². The molecule has 1 fully saturated rings. The van der Waals surface area contributed by atoms with Crippen molar-refractivity contribution in [3.63, 3.8) is 0 Å². The lowest BCUT2D eigenvalue weighted by atomic mass is 10.00. The fourth-order valence-electron chi connectivity index (χ4n) is 3.65. The van der Waals surface area contributed by atoms with Gasteiger partial charge in [0.15, 0.2) is 6.61 Å². The summed E-state index contributed by atoms with van der Waals surface area (Å²) in [4.78, 5) is 26.3. The van der Waals surface area contributed by atoms with E-state index in [0.717, 1.165) is 25.7 Å².